The summed E-state index contributed by atoms with van der Waals surface area (Å²) in [6.07, 6.45) is -10.4. The maximum atomic E-state index is 15.1. The fraction of sp³-hybridized carbons (Fsp3) is 0.348. The van der Waals surface area contributed by atoms with E-state index in [2.05, 4.69) is 29.9 Å². The van der Waals surface area contributed by atoms with Crippen LogP contribution in [0.25, 0.3) is 28.4 Å². The van der Waals surface area contributed by atoms with Crippen LogP contribution in [-0.2, 0) is 67.0 Å². The van der Waals surface area contributed by atoms with Gasteiger partial charge in [-0.25, -0.2) is 42.7 Å². The number of nitrogens with zero attached hydrogens (tertiary/aromatic N) is 8. The van der Waals surface area contributed by atoms with Crippen LogP contribution in [-0.4, -0.2) is 177 Å². The first-order valence-corrected chi connectivity index (χ1v) is 23.4. The summed E-state index contributed by atoms with van der Waals surface area (Å²) in [4.78, 5) is 93.3. The van der Waals surface area contributed by atoms with Crippen LogP contribution < -0.4 is 11.5 Å². The minimum atomic E-state index is -2.82. The zero-order chi connectivity index (χ0) is 57.0. The van der Waals surface area contributed by atoms with Crippen LogP contribution in [0.5, 0.6) is 0 Å². The number of aryl methyl sites for hydroxylation is 1. The van der Waals surface area contributed by atoms with Crippen molar-refractivity contribution in [3.63, 3.8) is 0 Å². The number of anilines is 2. The molecule has 4 aromatic heterocycles. The number of carboxylic acid groups (broad SMARTS) is 6. The minimum absolute atomic E-state index is 0.0148. The van der Waals surface area contributed by atoms with Crippen molar-refractivity contribution in [2.24, 2.45) is 0 Å². The van der Waals surface area contributed by atoms with Crippen LogP contribution in [0, 0.1) is 0 Å². The van der Waals surface area contributed by atoms with Crippen molar-refractivity contribution in [1.29, 1.82) is 0 Å². The number of carboxylic acids is 6. The molecule has 6 aromatic rings. The Hall–Kier alpha value is -8.10. The van der Waals surface area contributed by atoms with E-state index in [0.29, 0.717) is 11.1 Å². The first-order valence-electron chi connectivity index (χ1n) is 22.6. The van der Waals surface area contributed by atoms with Gasteiger partial charge in [-0.3, -0.25) is 13.9 Å². The number of alkyl halides is 2. The summed E-state index contributed by atoms with van der Waals surface area (Å²) < 4.78 is 54.3. The fourth-order valence-electron chi connectivity index (χ4n) is 8.17. The highest BCUT2D eigenvalue weighted by Gasteiger charge is 2.54. The van der Waals surface area contributed by atoms with Crippen LogP contribution in [0.2, 0.25) is 10.6 Å². The number of nitrogen functional groups attached to an aromatic ring is 2. The number of rotatable bonds is 21. The van der Waals surface area contributed by atoms with Crippen LogP contribution in [0.1, 0.15) is 41.1 Å². The summed E-state index contributed by atoms with van der Waals surface area (Å²) in [5.74, 6) is -9.63. The van der Waals surface area contributed by atoms with Crippen molar-refractivity contribution in [2.75, 3.05) is 24.7 Å². The summed E-state index contributed by atoms with van der Waals surface area (Å²) in [7, 11) is 0. The topological polar surface area (TPSA) is 440 Å². The molecular weight excluding hydrogens is 1090 g/mol. The standard InChI is InChI=1S/C23H23ClFN5O9.C23H21ClFN5O9/c2*24-22-28-17(26)15-18(29-22)30(9-27-15)19-14(25)16(33)12(39-19)8-38-23(20(34)35,21(36)37)7-11-3-1-10(2-4-11)5-6-13(31)32/h1-4,9,12,14,16,19,33H,5-8H2,(H,31,32)(H,34,35)(H,36,37)(H2,26,28,29);1-6,9,12,14,16,19,33H,7-8H2,(H,31,32)(H,34,35)(H,36,37)(H2,26,28,29)/b;6-5+/t2*12-,14+,16-,19-/m11/s1. The molecule has 414 valence electrons. The average molecular weight is 1130 g/mol. The molecule has 0 bridgehead atoms. The van der Waals surface area contributed by atoms with Crippen molar-refractivity contribution < 1.29 is 97.3 Å². The van der Waals surface area contributed by atoms with Gasteiger partial charge in [0, 0.05) is 25.3 Å². The number of fused-ring (bicyclic) bond motifs is 2. The minimum Gasteiger partial charge on any atom is -0.481 e. The second kappa shape index (κ2) is 23.6. The Balaban J connectivity index is 0.000000226. The molecule has 0 unspecified atom stereocenters. The predicted molar refractivity (Wildman–Crippen MR) is 260 cm³/mol. The number of aliphatic carboxylic acids is 6. The molecular formula is C46H44Cl2F2N10O18. The Morgan fingerprint density at radius 3 is 1.38 bits per heavy atom. The molecule has 2 aliphatic rings. The molecule has 12 N–H and O–H groups in total. The van der Waals surface area contributed by atoms with Gasteiger partial charge in [0.25, 0.3) is 11.2 Å². The van der Waals surface area contributed by atoms with E-state index >= 15 is 8.78 Å². The van der Waals surface area contributed by atoms with E-state index in [9.17, 15) is 59.4 Å². The first kappa shape index (κ1) is 57.6. The molecule has 8 rings (SSSR count). The number of imidazole rings is 2. The number of aliphatic hydroxyl groups is 2. The molecule has 0 spiro atoms. The SMILES string of the molecule is Nc1nc(Cl)nc2c1ncn2[C@@H]1O[C@H](COC(Cc2ccc(/C=C/C(=O)O)cc2)(C(=O)O)C(=O)O)[C@@H](O)[C@@H]1F.Nc1nc(Cl)nc2c1ncn2[C@@H]1O[C@H](COC(Cc2ccc(CCC(=O)O)cc2)(C(=O)O)C(=O)O)[C@@H](O)[C@@H]1F. The molecule has 2 fully saturated rings. The Morgan fingerprint density at radius 2 is 1.01 bits per heavy atom. The van der Waals surface area contributed by atoms with E-state index in [-0.39, 0.29) is 68.5 Å². The maximum absolute atomic E-state index is 15.1. The van der Waals surface area contributed by atoms with E-state index in [1.165, 1.54) is 42.5 Å². The number of ether oxygens (including phenoxy) is 4. The number of hydrogen-bond acceptors (Lipinski definition) is 20. The summed E-state index contributed by atoms with van der Waals surface area (Å²) in [5.41, 5.74) is 7.77. The third-order valence-corrected chi connectivity index (χ3v) is 12.6. The lowest BCUT2D eigenvalue weighted by atomic mass is 9.93. The quantitative estimate of drug-likeness (QED) is 0.0279. The van der Waals surface area contributed by atoms with Crippen molar-refractivity contribution in [1.82, 2.24) is 39.0 Å². The zero-order valence-corrected chi connectivity index (χ0v) is 41.2. The maximum Gasteiger partial charge on any atom is 0.348 e. The Labute approximate surface area is 445 Å². The molecule has 2 aromatic carbocycles. The molecule has 2 saturated heterocycles. The van der Waals surface area contributed by atoms with Crippen LogP contribution in [0.3, 0.4) is 0 Å². The number of nitrogens with two attached hydrogens (primary N) is 2. The van der Waals surface area contributed by atoms with Gasteiger partial charge in [-0.1, -0.05) is 48.5 Å². The summed E-state index contributed by atoms with van der Waals surface area (Å²) >= 11 is 11.7. The van der Waals surface area contributed by atoms with Gasteiger partial charge in [0.15, 0.2) is 47.7 Å². The molecule has 0 amide bonds. The number of carbonyl (C=O) groups is 6. The molecule has 0 aliphatic carbocycles. The van der Waals surface area contributed by atoms with Gasteiger partial charge in [-0.15, -0.1) is 0 Å². The Morgan fingerprint density at radius 1 is 0.628 bits per heavy atom. The van der Waals surface area contributed by atoms with E-state index < -0.39 is 122 Å². The molecule has 6 heterocycles. The Bertz CT molecular complexity index is 3250. The lowest BCUT2D eigenvalue weighted by Gasteiger charge is -2.27. The number of halogens is 4. The van der Waals surface area contributed by atoms with E-state index in [1.807, 2.05) is 0 Å². The molecule has 28 nitrogen and oxygen atoms in total. The van der Waals surface area contributed by atoms with Crippen molar-refractivity contribution >= 4 is 99.1 Å². The van der Waals surface area contributed by atoms with Gasteiger partial charge in [0.1, 0.15) is 35.4 Å². The molecule has 0 saturated carbocycles. The number of aliphatic hydroxyl groups excluding tert-OH is 2. The highest BCUT2D eigenvalue weighted by molar-refractivity contribution is 6.29. The van der Waals surface area contributed by atoms with Gasteiger partial charge in [0.05, 0.1) is 25.9 Å². The van der Waals surface area contributed by atoms with Crippen LogP contribution in [0.15, 0.2) is 67.3 Å². The monoisotopic (exact) mass is 1130 g/mol. The van der Waals surface area contributed by atoms with E-state index in [0.717, 1.165) is 27.9 Å². The number of hydrogen-bond donors (Lipinski definition) is 10. The third-order valence-electron chi connectivity index (χ3n) is 12.3. The molecule has 78 heavy (non-hydrogen) atoms. The fourth-order valence-corrected chi connectivity index (χ4v) is 8.51. The third kappa shape index (κ3) is 12.2. The van der Waals surface area contributed by atoms with Gasteiger partial charge in [0.2, 0.25) is 10.6 Å². The van der Waals surface area contributed by atoms with E-state index in [1.54, 1.807) is 12.1 Å². The largest absolute Gasteiger partial charge is 0.481 e. The number of aromatic nitrogens is 8. The van der Waals surface area contributed by atoms with Gasteiger partial charge in [-0.2, -0.15) is 19.9 Å². The van der Waals surface area contributed by atoms with Crippen molar-refractivity contribution in [3.05, 3.63) is 100 Å². The molecule has 0 radical (unpaired) electrons. The van der Waals surface area contributed by atoms with Crippen LogP contribution in [0.4, 0.5) is 20.4 Å². The van der Waals surface area contributed by atoms with Gasteiger partial charge in [-0.05, 0) is 58.0 Å². The lowest BCUT2D eigenvalue weighted by Crippen LogP contribution is -2.52. The van der Waals surface area contributed by atoms with Crippen molar-refractivity contribution in [3.8, 4) is 0 Å². The predicted octanol–water partition coefficient (Wildman–Crippen LogP) is 1.77. The summed E-state index contributed by atoms with van der Waals surface area (Å²) in [6, 6.07) is 11.7. The average Bonchev–Trinajstić information content (AvgIpc) is 4.21. The summed E-state index contributed by atoms with van der Waals surface area (Å²) in [5, 5.41) is 77.2. The highest BCUT2D eigenvalue weighted by Crippen LogP contribution is 2.37. The summed E-state index contributed by atoms with van der Waals surface area (Å²) in [6.45, 7) is -1.60. The normalized spacial score (nSPS) is 21.4. The number of benzene rings is 2. The zero-order valence-electron chi connectivity index (χ0n) is 39.7. The second-order valence-corrected chi connectivity index (χ2v) is 18.1. The Kier molecular flexibility index (Phi) is 17.5. The van der Waals surface area contributed by atoms with Crippen LogP contribution >= 0.6 is 23.2 Å². The second-order valence-electron chi connectivity index (χ2n) is 17.4. The molecule has 2 aliphatic heterocycles. The highest BCUT2D eigenvalue weighted by atomic mass is 35.5. The molecule has 8 atom stereocenters. The van der Waals surface area contributed by atoms with Gasteiger partial charge >= 0.3 is 35.8 Å². The smallest absolute Gasteiger partial charge is 0.348 e. The first-order chi connectivity index (χ1) is 36.8. The van der Waals surface area contributed by atoms with Gasteiger partial charge < -0.3 is 71.3 Å². The lowest BCUT2D eigenvalue weighted by molar-refractivity contribution is -0.191. The molecule has 32 heteroatoms. The van der Waals surface area contributed by atoms with Crippen molar-refractivity contribution in [2.45, 2.75) is 86.1 Å². The van der Waals surface area contributed by atoms with E-state index in [4.69, 9.17) is 63.8 Å².